The molecule has 1 aliphatic rings. The number of hydrogen-bond donors (Lipinski definition) is 0. The maximum atomic E-state index is 12.3. The molecule has 1 saturated heterocycles. The molecule has 0 radical (unpaired) electrons. The number of piperidine rings is 1. The molecule has 0 aromatic heterocycles. The lowest BCUT2D eigenvalue weighted by atomic mass is 10.1. The first-order valence-corrected chi connectivity index (χ1v) is 10.0. The average molecular weight is 352 g/mol. The third-order valence-electron chi connectivity index (χ3n) is 4.20. The minimum atomic E-state index is -3.50. The van der Waals surface area contributed by atoms with E-state index in [1.54, 1.807) is 24.3 Å². The van der Waals surface area contributed by atoms with Gasteiger partial charge in [0.15, 0.2) is 5.78 Å². The Labute approximate surface area is 143 Å². The average Bonchev–Trinajstić information content (AvgIpc) is 2.55. The predicted octanol–water partition coefficient (Wildman–Crippen LogP) is 2.06. The first kappa shape index (κ1) is 18.4. The van der Waals surface area contributed by atoms with Gasteiger partial charge in [0.05, 0.1) is 11.9 Å². The van der Waals surface area contributed by atoms with Crippen LogP contribution in [0.1, 0.15) is 43.0 Å². The summed E-state index contributed by atoms with van der Waals surface area (Å²) in [6, 6.07) is 6.40. The molecule has 2 rings (SSSR count). The smallest absolute Gasteiger partial charge is 0.232 e. The molecule has 0 spiro atoms. The maximum absolute atomic E-state index is 12.3. The Balaban J connectivity index is 2.08. The van der Waals surface area contributed by atoms with E-state index in [0.717, 1.165) is 38.6 Å². The largest absolute Gasteiger partial charge is 0.343 e. The predicted molar refractivity (Wildman–Crippen MR) is 93.7 cm³/mol. The second kappa shape index (κ2) is 7.79. The van der Waals surface area contributed by atoms with Crippen LogP contribution in [0, 0.1) is 0 Å². The van der Waals surface area contributed by atoms with Crippen molar-refractivity contribution in [3.8, 4) is 0 Å². The van der Waals surface area contributed by atoms with Crippen molar-refractivity contribution in [3.05, 3.63) is 29.8 Å². The van der Waals surface area contributed by atoms with Crippen molar-refractivity contribution in [1.82, 2.24) is 4.90 Å². The highest BCUT2D eigenvalue weighted by atomic mass is 32.2. The fraction of sp³-hybridized carbons (Fsp3) is 0.529. The van der Waals surface area contributed by atoms with Crippen LogP contribution in [0.3, 0.4) is 0 Å². The Hall–Kier alpha value is -1.89. The highest BCUT2D eigenvalue weighted by Crippen LogP contribution is 2.20. The van der Waals surface area contributed by atoms with Crippen molar-refractivity contribution in [1.29, 1.82) is 0 Å². The third kappa shape index (κ3) is 4.80. The molecule has 0 aliphatic carbocycles. The molecule has 1 aromatic rings. The molecule has 0 unspecified atom stereocenters. The summed E-state index contributed by atoms with van der Waals surface area (Å²) in [7, 11) is -3.50. The summed E-state index contributed by atoms with van der Waals surface area (Å²) in [4.78, 5) is 25.4. The minimum absolute atomic E-state index is 0.0105. The first-order chi connectivity index (χ1) is 11.3. The number of ketones is 1. The van der Waals surface area contributed by atoms with E-state index in [2.05, 4.69) is 0 Å². The van der Waals surface area contributed by atoms with E-state index in [1.165, 1.54) is 11.2 Å². The number of rotatable bonds is 6. The van der Waals surface area contributed by atoms with Crippen LogP contribution in [-0.4, -0.2) is 50.9 Å². The summed E-state index contributed by atoms with van der Waals surface area (Å²) in [6.45, 7) is 3.07. The van der Waals surface area contributed by atoms with Gasteiger partial charge in [-0.1, -0.05) is 0 Å². The molecule has 1 amide bonds. The van der Waals surface area contributed by atoms with E-state index < -0.39 is 10.0 Å². The van der Waals surface area contributed by atoms with Gasteiger partial charge in [0.25, 0.3) is 0 Å². The second-order valence-electron chi connectivity index (χ2n) is 6.13. The van der Waals surface area contributed by atoms with Crippen LogP contribution in [0.4, 0.5) is 5.69 Å². The molecule has 132 valence electrons. The Morgan fingerprint density at radius 2 is 1.67 bits per heavy atom. The molecule has 7 heteroatoms. The lowest BCUT2D eigenvalue weighted by Gasteiger charge is -2.28. The SMILES string of the molecule is CC(=O)c1ccc(N(CCC(=O)N2CCCCC2)S(C)(=O)=O)cc1. The summed E-state index contributed by atoms with van der Waals surface area (Å²) in [5, 5.41) is 0. The zero-order chi connectivity index (χ0) is 17.7. The lowest BCUT2D eigenvalue weighted by molar-refractivity contribution is -0.131. The number of carbonyl (C=O) groups is 2. The van der Waals surface area contributed by atoms with Crippen LogP contribution >= 0.6 is 0 Å². The fourth-order valence-corrected chi connectivity index (χ4v) is 3.78. The monoisotopic (exact) mass is 352 g/mol. The molecule has 1 fully saturated rings. The molecule has 0 atom stereocenters. The molecule has 0 saturated carbocycles. The number of amides is 1. The van der Waals surface area contributed by atoms with E-state index >= 15 is 0 Å². The minimum Gasteiger partial charge on any atom is -0.343 e. The summed E-state index contributed by atoms with van der Waals surface area (Å²) in [5.74, 6) is -0.0866. The van der Waals surface area contributed by atoms with E-state index in [0.29, 0.717) is 11.3 Å². The third-order valence-corrected chi connectivity index (χ3v) is 5.39. The van der Waals surface area contributed by atoms with Gasteiger partial charge >= 0.3 is 0 Å². The van der Waals surface area contributed by atoms with Crippen molar-refractivity contribution in [2.24, 2.45) is 0 Å². The topological polar surface area (TPSA) is 74.8 Å². The van der Waals surface area contributed by atoms with Gasteiger partial charge in [-0.3, -0.25) is 13.9 Å². The number of sulfonamides is 1. The van der Waals surface area contributed by atoms with Crippen molar-refractivity contribution >= 4 is 27.4 Å². The van der Waals surface area contributed by atoms with E-state index in [-0.39, 0.29) is 24.7 Å². The van der Waals surface area contributed by atoms with E-state index in [1.807, 2.05) is 4.90 Å². The van der Waals surface area contributed by atoms with Crippen molar-refractivity contribution in [2.75, 3.05) is 30.2 Å². The van der Waals surface area contributed by atoms with Crippen LogP contribution < -0.4 is 4.31 Å². The highest BCUT2D eigenvalue weighted by molar-refractivity contribution is 7.92. The van der Waals surface area contributed by atoms with Gasteiger partial charge in [-0.2, -0.15) is 0 Å². The van der Waals surface area contributed by atoms with Gasteiger partial charge in [0.2, 0.25) is 15.9 Å². The molecule has 0 bridgehead atoms. The van der Waals surface area contributed by atoms with Crippen LogP contribution in [0.5, 0.6) is 0 Å². The molecule has 1 aromatic carbocycles. The maximum Gasteiger partial charge on any atom is 0.232 e. The van der Waals surface area contributed by atoms with E-state index in [9.17, 15) is 18.0 Å². The van der Waals surface area contributed by atoms with Crippen LogP contribution in [0.2, 0.25) is 0 Å². The lowest BCUT2D eigenvalue weighted by Crippen LogP contribution is -2.39. The molecule has 1 aliphatic heterocycles. The zero-order valence-corrected chi connectivity index (χ0v) is 15.0. The summed E-state index contributed by atoms with van der Waals surface area (Å²) >= 11 is 0. The molecular formula is C17H24N2O4S. The molecule has 0 N–H and O–H groups in total. The van der Waals surface area contributed by atoms with Gasteiger partial charge in [-0.15, -0.1) is 0 Å². The number of likely N-dealkylation sites (tertiary alicyclic amines) is 1. The normalized spacial score (nSPS) is 15.2. The van der Waals surface area contributed by atoms with Crippen molar-refractivity contribution < 1.29 is 18.0 Å². The second-order valence-corrected chi connectivity index (χ2v) is 8.04. The number of Topliss-reactive ketones (excluding diaryl/α,β-unsaturated/α-hetero) is 1. The van der Waals surface area contributed by atoms with Gasteiger partial charge in [0.1, 0.15) is 0 Å². The van der Waals surface area contributed by atoms with Crippen molar-refractivity contribution in [2.45, 2.75) is 32.6 Å². The number of carbonyl (C=O) groups excluding carboxylic acids is 2. The van der Waals surface area contributed by atoms with Crippen molar-refractivity contribution in [3.63, 3.8) is 0 Å². The number of hydrogen-bond acceptors (Lipinski definition) is 4. The van der Waals surface area contributed by atoms with Crippen LogP contribution in [-0.2, 0) is 14.8 Å². The van der Waals surface area contributed by atoms with Gasteiger partial charge in [-0.05, 0) is 50.5 Å². The fourth-order valence-electron chi connectivity index (χ4n) is 2.85. The Bertz CT molecular complexity index is 692. The highest BCUT2D eigenvalue weighted by Gasteiger charge is 2.22. The Morgan fingerprint density at radius 1 is 1.08 bits per heavy atom. The van der Waals surface area contributed by atoms with E-state index in [4.69, 9.17) is 0 Å². The first-order valence-electron chi connectivity index (χ1n) is 8.15. The number of nitrogens with zero attached hydrogens (tertiary/aromatic N) is 2. The van der Waals surface area contributed by atoms with Gasteiger partial charge < -0.3 is 4.90 Å². The van der Waals surface area contributed by atoms with Crippen LogP contribution in [0.15, 0.2) is 24.3 Å². The molecule has 6 nitrogen and oxygen atoms in total. The number of anilines is 1. The Morgan fingerprint density at radius 3 is 2.17 bits per heavy atom. The molecule has 24 heavy (non-hydrogen) atoms. The summed E-state index contributed by atoms with van der Waals surface area (Å²) in [6.07, 6.45) is 4.43. The summed E-state index contributed by atoms with van der Waals surface area (Å²) < 4.78 is 25.4. The van der Waals surface area contributed by atoms with Crippen LogP contribution in [0.25, 0.3) is 0 Å². The number of benzene rings is 1. The zero-order valence-electron chi connectivity index (χ0n) is 14.2. The molecule has 1 heterocycles. The quantitative estimate of drug-likeness (QED) is 0.735. The molecular weight excluding hydrogens is 328 g/mol. The Kier molecular flexibility index (Phi) is 5.99. The standard InChI is InChI=1S/C17H24N2O4S/c1-14(20)15-6-8-16(9-7-15)19(24(2,22)23)13-10-17(21)18-11-4-3-5-12-18/h6-9H,3-5,10-13H2,1-2H3. The van der Waals surface area contributed by atoms with Gasteiger partial charge in [-0.25, -0.2) is 8.42 Å². The summed E-state index contributed by atoms with van der Waals surface area (Å²) in [5.41, 5.74) is 0.991. The van der Waals surface area contributed by atoms with Gasteiger partial charge in [0, 0.05) is 31.6 Å².